The molecule has 0 unspecified atom stereocenters. The predicted molar refractivity (Wildman–Crippen MR) is 94.7 cm³/mol. The Morgan fingerprint density at radius 1 is 1.22 bits per heavy atom. The normalized spacial score (nSPS) is 16.6. The lowest BCUT2D eigenvalue weighted by Gasteiger charge is -2.32. The first-order valence-electron chi connectivity index (χ1n) is 8.30. The van der Waals surface area contributed by atoms with E-state index < -0.39 is 17.4 Å². The molecule has 9 heteroatoms. The maximum Gasteiger partial charge on any atom is 0.296 e. The van der Waals surface area contributed by atoms with Gasteiger partial charge in [-0.05, 0) is 30.3 Å². The highest BCUT2D eigenvalue weighted by atomic mass is 35.5. The fourth-order valence-corrected chi connectivity index (χ4v) is 3.24. The van der Waals surface area contributed by atoms with E-state index in [0.717, 1.165) is 4.74 Å². The van der Waals surface area contributed by atoms with Gasteiger partial charge in [0.25, 0.3) is 23.1 Å². The van der Waals surface area contributed by atoms with E-state index in [1.165, 1.54) is 29.3 Å². The molecular weight excluding hydrogens is 380 g/mol. The summed E-state index contributed by atoms with van der Waals surface area (Å²) in [6.07, 6.45) is 0.730. The first kappa shape index (κ1) is 17.7. The van der Waals surface area contributed by atoms with Crippen LogP contribution in [0, 0.1) is 0 Å². The fraction of sp³-hybridized carbons (Fsp3) is 0.278. The molecule has 2 aromatic heterocycles. The lowest BCUT2D eigenvalue weighted by molar-refractivity contribution is -0.0494. The van der Waals surface area contributed by atoms with E-state index in [9.17, 15) is 18.4 Å². The van der Waals surface area contributed by atoms with Crippen LogP contribution in [0.25, 0.3) is 16.8 Å². The van der Waals surface area contributed by atoms with E-state index >= 15 is 0 Å². The van der Waals surface area contributed by atoms with Gasteiger partial charge in [-0.2, -0.15) is 0 Å². The molecule has 1 aromatic carbocycles. The Labute approximate surface area is 156 Å². The van der Waals surface area contributed by atoms with Gasteiger partial charge >= 0.3 is 0 Å². The summed E-state index contributed by atoms with van der Waals surface area (Å²) in [5, 5.41) is 0.474. The first-order chi connectivity index (χ1) is 12.9. The Morgan fingerprint density at radius 3 is 2.67 bits per heavy atom. The van der Waals surface area contributed by atoms with Gasteiger partial charge in [0.1, 0.15) is 5.39 Å². The number of carbonyl (C=O) groups is 1. The van der Waals surface area contributed by atoms with Gasteiger partial charge in [0, 0.05) is 32.1 Å². The number of piperidine rings is 1. The number of alkyl halides is 2. The summed E-state index contributed by atoms with van der Waals surface area (Å²) >= 11 is 6.15. The summed E-state index contributed by atoms with van der Waals surface area (Å²) in [5.41, 5.74) is 0.174. The Kier molecular flexibility index (Phi) is 4.22. The minimum Gasteiger partial charge on any atom is -0.350 e. The number of rotatable bonds is 2. The SMILES string of the molecule is O=C(c1cc(-n2oc3ncccc3c2=O)ccc1Cl)N1CCC(F)(F)CC1. The van der Waals surface area contributed by atoms with E-state index in [1.54, 1.807) is 12.1 Å². The molecule has 1 saturated heterocycles. The van der Waals surface area contributed by atoms with Crippen molar-refractivity contribution in [3.63, 3.8) is 0 Å². The Hall–Kier alpha value is -2.74. The number of likely N-dealkylation sites (tertiary alicyclic amines) is 1. The summed E-state index contributed by atoms with van der Waals surface area (Å²) < 4.78 is 33.1. The number of halogens is 3. The van der Waals surface area contributed by atoms with Crippen LogP contribution in [0.1, 0.15) is 23.2 Å². The quantitative estimate of drug-likeness (QED) is 0.668. The highest BCUT2D eigenvalue weighted by molar-refractivity contribution is 6.33. The number of benzene rings is 1. The molecule has 0 bridgehead atoms. The van der Waals surface area contributed by atoms with Crippen LogP contribution in [0.4, 0.5) is 8.78 Å². The molecule has 1 aliphatic rings. The maximum absolute atomic E-state index is 13.3. The molecule has 0 radical (unpaired) electrons. The van der Waals surface area contributed by atoms with Gasteiger partial charge in [-0.1, -0.05) is 11.6 Å². The van der Waals surface area contributed by atoms with Gasteiger partial charge in [-0.25, -0.2) is 13.8 Å². The standard InChI is InChI=1S/C18H14ClF2N3O3/c19-14-4-3-11(24-17(26)12-2-1-7-22-15(12)27-24)10-13(14)16(25)23-8-5-18(20,21)6-9-23/h1-4,7,10H,5-6,8-9H2. The average molecular weight is 394 g/mol. The number of hydrogen-bond acceptors (Lipinski definition) is 4. The lowest BCUT2D eigenvalue weighted by atomic mass is 10.1. The smallest absolute Gasteiger partial charge is 0.296 e. The number of nitrogens with zero attached hydrogens (tertiary/aromatic N) is 3. The van der Waals surface area contributed by atoms with Crippen LogP contribution in [0.15, 0.2) is 45.8 Å². The van der Waals surface area contributed by atoms with Crippen molar-refractivity contribution < 1.29 is 18.1 Å². The molecular formula is C18H14ClF2N3O3. The van der Waals surface area contributed by atoms with Crippen LogP contribution < -0.4 is 5.56 Å². The van der Waals surface area contributed by atoms with Gasteiger partial charge < -0.3 is 9.42 Å². The maximum atomic E-state index is 13.3. The second-order valence-electron chi connectivity index (χ2n) is 6.36. The van der Waals surface area contributed by atoms with Gasteiger partial charge in [-0.3, -0.25) is 9.59 Å². The Balaban J connectivity index is 1.70. The van der Waals surface area contributed by atoms with Crippen LogP contribution in [0.5, 0.6) is 0 Å². The molecule has 4 rings (SSSR count). The third-order valence-corrected chi connectivity index (χ3v) is 4.89. The third-order valence-electron chi connectivity index (χ3n) is 4.56. The average Bonchev–Trinajstić information content (AvgIpc) is 2.99. The van der Waals surface area contributed by atoms with Crippen molar-refractivity contribution in [2.24, 2.45) is 0 Å². The van der Waals surface area contributed by atoms with Crippen molar-refractivity contribution >= 4 is 28.6 Å². The summed E-state index contributed by atoms with van der Waals surface area (Å²) in [4.78, 5) is 30.6. The third kappa shape index (κ3) is 3.21. The minimum atomic E-state index is -2.75. The lowest BCUT2D eigenvalue weighted by Crippen LogP contribution is -2.42. The van der Waals surface area contributed by atoms with E-state index in [2.05, 4.69) is 4.98 Å². The van der Waals surface area contributed by atoms with Crippen LogP contribution in [-0.2, 0) is 0 Å². The van der Waals surface area contributed by atoms with E-state index in [4.69, 9.17) is 16.1 Å². The molecule has 0 saturated carbocycles. The van der Waals surface area contributed by atoms with Gasteiger partial charge in [-0.15, -0.1) is 4.74 Å². The van der Waals surface area contributed by atoms with E-state index in [1.807, 2.05) is 0 Å². The molecule has 0 aliphatic carbocycles. The van der Waals surface area contributed by atoms with Gasteiger partial charge in [0.15, 0.2) is 0 Å². The van der Waals surface area contributed by atoms with Crippen molar-refractivity contribution in [1.82, 2.24) is 14.6 Å². The summed E-state index contributed by atoms with van der Waals surface area (Å²) in [6, 6.07) is 7.62. The highest BCUT2D eigenvalue weighted by Gasteiger charge is 2.36. The summed E-state index contributed by atoms with van der Waals surface area (Å²) in [7, 11) is 0. The van der Waals surface area contributed by atoms with Gasteiger partial charge in [0.05, 0.1) is 16.3 Å². The zero-order valence-electron chi connectivity index (χ0n) is 14.0. The molecule has 3 aromatic rings. The van der Waals surface area contributed by atoms with Crippen molar-refractivity contribution in [2.45, 2.75) is 18.8 Å². The molecule has 0 spiro atoms. The zero-order valence-corrected chi connectivity index (χ0v) is 14.7. The summed E-state index contributed by atoms with van der Waals surface area (Å²) in [6.45, 7) is -0.109. The van der Waals surface area contributed by atoms with Crippen molar-refractivity contribution in [2.75, 3.05) is 13.1 Å². The molecule has 27 heavy (non-hydrogen) atoms. The molecule has 140 valence electrons. The molecule has 3 heterocycles. The van der Waals surface area contributed by atoms with Crippen LogP contribution in [0.3, 0.4) is 0 Å². The molecule has 1 fully saturated rings. The van der Waals surface area contributed by atoms with Gasteiger partial charge in [0.2, 0.25) is 0 Å². The zero-order chi connectivity index (χ0) is 19.2. The van der Waals surface area contributed by atoms with E-state index in [-0.39, 0.29) is 42.2 Å². The second kappa shape index (κ2) is 6.45. The molecule has 1 amide bonds. The fourth-order valence-electron chi connectivity index (χ4n) is 3.04. The molecule has 0 N–H and O–H groups in total. The first-order valence-corrected chi connectivity index (χ1v) is 8.68. The van der Waals surface area contributed by atoms with Crippen LogP contribution in [-0.4, -0.2) is 39.5 Å². The number of aromatic nitrogens is 2. The second-order valence-corrected chi connectivity index (χ2v) is 6.77. The number of pyridine rings is 1. The highest BCUT2D eigenvalue weighted by Crippen LogP contribution is 2.30. The molecule has 1 aliphatic heterocycles. The molecule has 0 atom stereocenters. The van der Waals surface area contributed by atoms with Crippen molar-refractivity contribution in [3.05, 3.63) is 57.5 Å². The van der Waals surface area contributed by atoms with Crippen molar-refractivity contribution in [3.8, 4) is 5.69 Å². The number of carbonyl (C=O) groups excluding carboxylic acids is 1. The Morgan fingerprint density at radius 2 is 1.96 bits per heavy atom. The molecule has 6 nitrogen and oxygen atoms in total. The monoisotopic (exact) mass is 393 g/mol. The van der Waals surface area contributed by atoms with E-state index in [0.29, 0.717) is 11.1 Å². The van der Waals surface area contributed by atoms with Crippen LogP contribution >= 0.6 is 11.6 Å². The number of fused-ring (bicyclic) bond motifs is 1. The largest absolute Gasteiger partial charge is 0.350 e. The number of hydrogen-bond donors (Lipinski definition) is 0. The van der Waals surface area contributed by atoms with Crippen LogP contribution in [0.2, 0.25) is 5.02 Å². The Bertz CT molecular complexity index is 1080. The van der Waals surface area contributed by atoms with Crippen molar-refractivity contribution in [1.29, 1.82) is 0 Å². The number of amides is 1. The topological polar surface area (TPSA) is 68.3 Å². The summed E-state index contributed by atoms with van der Waals surface area (Å²) in [5.74, 6) is -3.21. The minimum absolute atomic E-state index is 0.0547. The predicted octanol–water partition coefficient (Wildman–Crippen LogP) is 3.50.